The Morgan fingerprint density at radius 2 is 1.92 bits per heavy atom. The first-order valence-corrected chi connectivity index (χ1v) is 10.7. The standard InChI is InChI=1S/C21H25N3OS/c25-19(10-21-7-14-4-15(8-21)6-16(5-14)9-21)23-12-18-13-26-20(24-18)17-2-1-3-22-11-17/h1-3,11,13-16H,4-10,12H2,(H,23,25). The molecule has 0 spiro atoms. The molecule has 136 valence electrons. The highest BCUT2D eigenvalue weighted by Crippen LogP contribution is 2.61. The van der Waals surface area contributed by atoms with Crippen molar-refractivity contribution in [2.45, 2.75) is 51.5 Å². The molecular formula is C21H25N3OS. The van der Waals surface area contributed by atoms with Crippen molar-refractivity contribution in [2.24, 2.45) is 23.2 Å². The molecule has 4 bridgehead atoms. The average molecular weight is 368 g/mol. The lowest BCUT2D eigenvalue weighted by atomic mass is 9.49. The van der Waals surface area contributed by atoms with Crippen LogP contribution in [-0.2, 0) is 11.3 Å². The smallest absolute Gasteiger partial charge is 0.220 e. The van der Waals surface area contributed by atoms with E-state index in [1.54, 1.807) is 17.5 Å². The van der Waals surface area contributed by atoms with Crippen LogP contribution in [0.3, 0.4) is 0 Å². The van der Waals surface area contributed by atoms with E-state index in [-0.39, 0.29) is 5.91 Å². The SMILES string of the molecule is O=C(CC12CC3CC(CC(C3)C1)C2)NCc1csc(-c2cccnc2)n1. The minimum absolute atomic E-state index is 0.211. The predicted octanol–water partition coefficient (Wildman–Crippen LogP) is 4.43. The van der Waals surface area contributed by atoms with Crippen LogP contribution in [0.5, 0.6) is 0 Å². The van der Waals surface area contributed by atoms with Crippen molar-refractivity contribution in [1.82, 2.24) is 15.3 Å². The van der Waals surface area contributed by atoms with Gasteiger partial charge in [-0.2, -0.15) is 0 Å². The van der Waals surface area contributed by atoms with E-state index in [0.29, 0.717) is 12.0 Å². The summed E-state index contributed by atoms with van der Waals surface area (Å²) in [6.07, 6.45) is 12.5. The number of aromatic nitrogens is 2. The zero-order valence-electron chi connectivity index (χ0n) is 15.0. The summed E-state index contributed by atoms with van der Waals surface area (Å²) in [5.74, 6) is 2.90. The lowest BCUT2D eigenvalue weighted by molar-refractivity contribution is -0.129. The van der Waals surface area contributed by atoms with Gasteiger partial charge in [0.05, 0.1) is 12.2 Å². The molecule has 5 heteroatoms. The second-order valence-electron chi connectivity index (χ2n) is 8.76. The summed E-state index contributed by atoms with van der Waals surface area (Å²) in [7, 11) is 0. The van der Waals surface area contributed by atoms with Gasteiger partial charge in [-0.1, -0.05) is 0 Å². The number of pyridine rings is 1. The van der Waals surface area contributed by atoms with E-state index < -0.39 is 0 Å². The Labute approximate surface area is 158 Å². The van der Waals surface area contributed by atoms with Gasteiger partial charge in [0.15, 0.2) is 0 Å². The van der Waals surface area contributed by atoms with Gasteiger partial charge in [-0.25, -0.2) is 4.98 Å². The Morgan fingerprint density at radius 1 is 1.19 bits per heavy atom. The molecule has 4 aliphatic carbocycles. The van der Waals surface area contributed by atoms with E-state index in [9.17, 15) is 4.79 Å². The van der Waals surface area contributed by atoms with Gasteiger partial charge in [0.2, 0.25) is 5.91 Å². The maximum atomic E-state index is 12.6. The van der Waals surface area contributed by atoms with E-state index in [1.165, 1.54) is 38.5 Å². The quantitative estimate of drug-likeness (QED) is 0.851. The number of carbonyl (C=O) groups is 1. The van der Waals surface area contributed by atoms with Crippen LogP contribution < -0.4 is 5.32 Å². The number of carbonyl (C=O) groups excluding carboxylic acids is 1. The van der Waals surface area contributed by atoms with Crippen LogP contribution in [0.4, 0.5) is 0 Å². The minimum Gasteiger partial charge on any atom is -0.350 e. The summed E-state index contributed by atoms with van der Waals surface area (Å²) >= 11 is 1.61. The summed E-state index contributed by atoms with van der Waals surface area (Å²) < 4.78 is 0. The van der Waals surface area contributed by atoms with Crippen LogP contribution in [0.1, 0.15) is 50.6 Å². The van der Waals surface area contributed by atoms with Crippen molar-refractivity contribution >= 4 is 17.2 Å². The maximum Gasteiger partial charge on any atom is 0.220 e. The van der Waals surface area contributed by atoms with E-state index in [1.807, 2.05) is 23.7 Å². The number of nitrogens with zero attached hydrogens (tertiary/aromatic N) is 2. The highest BCUT2D eigenvalue weighted by Gasteiger charge is 2.51. The Morgan fingerprint density at radius 3 is 2.58 bits per heavy atom. The Hall–Kier alpha value is -1.75. The van der Waals surface area contributed by atoms with E-state index in [4.69, 9.17) is 0 Å². The first-order chi connectivity index (χ1) is 12.7. The van der Waals surface area contributed by atoms with E-state index in [2.05, 4.69) is 15.3 Å². The van der Waals surface area contributed by atoms with Gasteiger partial charge in [0.1, 0.15) is 5.01 Å². The van der Waals surface area contributed by atoms with Crippen molar-refractivity contribution < 1.29 is 4.79 Å². The van der Waals surface area contributed by atoms with Crippen LogP contribution in [0.2, 0.25) is 0 Å². The second-order valence-corrected chi connectivity index (χ2v) is 9.61. The zero-order valence-corrected chi connectivity index (χ0v) is 15.8. The molecule has 1 N–H and O–H groups in total. The third-order valence-electron chi connectivity index (χ3n) is 6.63. The molecule has 0 radical (unpaired) electrons. The number of nitrogens with one attached hydrogen (secondary N) is 1. The first-order valence-electron chi connectivity index (χ1n) is 9.79. The first kappa shape index (κ1) is 16.4. The van der Waals surface area contributed by atoms with Crippen LogP contribution >= 0.6 is 11.3 Å². The third kappa shape index (κ3) is 3.18. The highest BCUT2D eigenvalue weighted by molar-refractivity contribution is 7.13. The topological polar surface area (TPSA) is 54.9 Å². The van der Waals surface area contributed by atoms with Crippen molar-refractivity contribution in [3.05, 3.63) is 35.6 Å². The summed E-state index contributed by atoms with van der Waals surface area (Å²) in [6, 6.07) is 3.94. The third-order valence-corrected chi connectivity index (χ3v) is 7.57. The molecule has 4 saturated carbocycles. The molecule has 4 fully saturated rings. The minimum atomic E-state index is 0.211. The normalized spacial score (nSPS) is 31.9. The fraction of sp³-hybridized carbons (Fsp3) is 0.571. The Bertz CT molecular complexity index is 765. The summed E-state index contributed by atoms with van der Waals surface area (Å²) in [5.41, 5.74) is 2.28. The molecule has 0 atom stereocenters. The van der Waals surface area contributed by atoms with Gasteiger partial charge >= 0.3 is 0 Å². The van der Waals surface area contributed by atoms with Gasteiger partial charge in [-0.05, 0) is 73.8 Å². The average Bonchev–Trinajstić information content (AvgIpc) is 3.08. The molecule has 0 aliphatic heterocycles. The summed E-state index contributed by atoms with van der Waals surface area (Å²) in [5, 5.41) is 6.12. The molecule has 0 unspecified atom stereocenters. The Kier molecular flexibility index (Phi) is 4.07. The maximum absolute atomic E-state index is 12.6. The van der Waals surface area contributed by atoms with Gasteiger partial charge in [0.25, 0.3) is 0 Å². The summed E-state index contributed by atoms with van der Waals surface area (Å²) in [4.78, 5) is 21.4. The van der Waals surface area contributed by atoms with Crippen LogP contribution in [0.25, 0.3) is 10.6 Å². The number of hydrogen-bond acceptors (Lipinski definition) is 4. The van der Waals surface area contributed by atoms with Crippen molar-refractivity contribution in [1.29, 1.82) is 0 Å². The summed E-state index contributed by atoms with van der Waals surface area (Å²) in [6.45, 7) is 0.530. The second kappa shape index (κ2) is 6.45. The van der Waals surface area contributed by atoms with E-state index >= 15 is 0 Å². The number of rotatable bonds is 5. The molecule has 4 aliphatic rings. The van der Waals surface area contributed by atoms with Crippen molar-refractivity contribution in [3.63, 3.8) is 0 Å². The molecule has 1 amide bonds. The molecule has 26 heavy (non-hydrogen) atoms. The Balaban J connectivity index is 1.19. The molecule has 2 aromatic rings. The molecule has 0 aromatic carbocycles. The van der Waals surface area contributed by atoms with E-state index in [0.717, 1.165) is 40.4 Å². The van der Waals surface area contributed by atoms with Gasteiger partial charge in [-0.15, -0.1) is 11.3 Å². The molecular weight excluding hydrogens is 342 g/mol. The lowest BCUT2D eigenvalue weighted by Crippen LogP contribution is -2.47. The van der Waals surface area contributed by atoms with Gasteiger partial charge < -0.3 is 5.32 Å². The van der Waals surface area contributed by atoms with Gasteiger partial charge in [0, 0.05) is 29.8 Å². The highest BCUT2D eigenvalue weighted by atomic mass is 32.1. The van der Waals surface area contributed by atoms with Crippen LogP contribution in [0, 0.1) is 23.2 Å². The zero-order chi connectivity index (χ0) is 17.6. The fourth-order valence-corrected chi connectivity index (χ4v) is 6.92. The molecule has 6 rings (SSSR count). The van der Waals surface area contributed by atoms with Gasteiger partial charge in [-0.3, -0.25) is 9.78 Å². The van der Waals surface area contributed by atoms with Crippen molar-refractivity contribution in [3.8, 4) is 10.6 Å². The lowest BCUT2D eigenvalue weighted by Gasteiger charge is -2.56. The molecule has 4 nitrogen and oxygen atoms in total. The number of amides is 1. The van der Waals surface area contributed by atoms with Crippen LogP contribution in [-0.4, -0.2) is 15.9 Å². The fourth-order valence-electron chi connectivity index (χ4n) is 6.11. The van der Waals surface area contributed by atoms with Crippen molar-refractivity contribution in [2.75, 3.05) is 0 Å². The molecule has 0 saturated heterocycles. The number of thiazole rings is 1. The monoisotopic (exact) mass is 367 g/mol. The molecule has 2 heterocycles. The largest absolute Gasteiger partial charge is 0.350 e. The van der Waals surface area contributed by atoms with Crippen LogP contribution in [0.15, 0.2) is 29.9 Å². The molecule has 2 aromatic heterocycles. The predicted molar refractivity (Wildman–Crippen MR) is 102 cm³/mol. The number of hydrogen-bond donors (Lipinski definition) is 1.